The van der Waals surface area contributed by atoms with E-state index in [-0.39, 0.29) is 30.7 Å². The first-order valence-corrected chi connectivity index (χ1v) is 9.75. The smallest absolute Gasteiger partial charge is 0.306 e. The number of rotatable bonds is 6. The number of hydrogen-bond donors (Lipinski definition) is 1. The minimum Gasteiger partial charge on any atom is -0.461 e. The number of nitro benzene ring substituents is 1. The summed E-state index contributed by atoms with van der Waals surface area (Å²) in [6, 6.07) is 5.95. The van der Waals surface area contributed by atoms with Crippen LogP contribution in [-0.2, 0) is 35.4 Å². The van der Waals surface area contributed by atoms with Crippen molar-refractivity contribution in [2.45, 2.75) is 38.7 Å². The van der Waals surface area contributed by atoms with E-state index in [9.17, 15) is 19.7 Å². The van der Waals surface area contributed by atoms with Gasteiger partial charge in [0.25, 0.3) is 11.2 Å². The second-order valence-electron chi connectivity index (χ2n) is 6.64. The zero-order chi connectivity index (χ0) is 19.7. The lowest BCUT2D eigenvalue weighted by atomic mass is 10.2. The normalized spacial score (nSPS) is 12.9. The summed E-state index contributed by atoms with van der Waals surface area (Å²) in [5.74, 6) is 0.00708. The number of carbonyl (C=O) groups is 1. The molecule has 9 heteroatoms. The zero-order valence-corrected chi connectivity index (χ0v) is 15.7. The fraction of sp³-hybridized carbons (Fsp3) is 0.316. The number of thiophene rings is 1. The summed E-state index contributed by atoms with van der Waals surface area (Å²) in [6.07, 6.45) is 3.32. The van der Waals surface area contributed by atoms with E-state index in [1.165, 1.54) is 17.0 Å². The minimum absolute atomic E-state index is 0.0405. The highest BCUT2D eigenvalue weighted by Crippen LogP contribution is 2.34. The number of aromatic nitrogens is 2. The third-order valence-corrected chi connectivity index (χ3v) is 5.90. The largest absolute Gasteiger partial charge is 0.461 e. The molecule has 0 amide bonds. The fourth-order valence-corrected chi connectivity index (χ4v) is 4.66. The lowest BCUT2D eigenvalue weighted by molar-refractivity contribution is -0.384. The molecule has 28 heavy (non-hydrogen) atoms. The molecule has 1 N–H and O–H groups in total. The molecular formula is C19H17N3O5S. The van der Waals surface area contributed by atoms with Gasteiger partial charge in [-0.2, -0.15) is 0 Å². The van der Waals surface area contributed by atoms with E-state index in [0.717, 1.165) is 29.7 Å². The van der Waals surface area contributed by atoms with Crippen molar-refractivity contribution in [3.8, 4) is 0 Å². The molecule has 0 aliphatic heterocycles. The number of esters is 1. The molecule has 1 aromatic carbocycles. The molecule has 0 atom stereocenters. The maximum Gasteiger partial charge on any atom is 0.306 e. The van der Waals surface area contributed by atoms with Crippen LogP contribution in [0.3, 0.4) is 0 Å². The van der Waals surface area contributed by atoms with Crippen molar-refractivity contribution in [3.63, 3.8) is 0 Å². The number of non-ortho nitro benzene ring substituents is 1. The molecule has 144 valence electrons. The highest BCUT2D eigenvalue weighted by molar-refractivity contribution is 7.18. The average molecular weight is 399 g/mol. The summed E-state index contributed by atoms with van der Waals surface area (Å²) in [5.41, 5.74) is 1.47. The maximum absolute atomic E-state index is 12.4. The van der Waals surface area contributed by atoms with Crippen molar-refractivity contribution in [3.05, 3.63) is 66.6 Å². The van der Waals surface area contributed by atoms with Gasteiger partial charge in [0.15, 0.2) is 0 Å². The molecule has 0 spiro atoms. The summed E-state index contributed by atoms with van der Waals surface area (Å²) in [5, 5.41) is 11.5. The van der Waals surface area contributed by atoms with Gasteiger partial charge in [0.1, 0.15) is 17.3 Å². The van der Waals surface area contributed by atoms with Crippen LogP contribution in [0.5, 0.6) is 0 Å². The Balaban J connectivity index is 1.38. The second kappa shape index (κ2) is 7.51. The van der Waals surface area contributed by atoms with Gasteiger partial charge in [0.2, 0.25) is 0 Å². The van der Waals surface area contributed by atoms with Gasteiger partial charge in [-0.1, -0.05) is 12.1 Å². The third kappa shape index (κ3) is 3.65. The molecule has 4 rings (SSSR count). The van der Waals surface area contributed by atoms with E-state index >= 15 is 0 Å². The molecule has 0 radical (unpaired) electrons. The zero-order valence-electron chi connectivity index (χ0n) is 14.9. The van der Waals surface area contributed by atoms with Gasteiger partial charge in [0, 0.05) is 23.4 Å². The SMILES string of the molecule is O=C(CCc1nc2sc3c(c2c(=O)[nH]1)CCC3)OCc1cccc([N+](=O)[O-])c1. The number of nitrogens with zero attached hydrogens (tertiary/aromatic N) is 2. The lowest BCUT2D eigenvalue weighted by Crippen LogP contribution is -2.14. The van der Waals surface area contributed by atoms with Crippen molar-refractivity contribution in [2.24, 2.45) is 0 Å². The molecule has 0 bridgehead atoms. The number of H-pyrrole nitrogens is 1. The van der Waals surface area contributed by atoms with Crippen LogP contribution in [0.2, 0.25) is 0 Å². The standard InChI is InChI=1S/C19H17N3O5S/c23-16(27-10-11-3-1-4-12(9-11)22(25)26)8-7-15-20-18(24)17-13-5-2-6-14(13)28-19(17)21-15/h1,3-4,9H,2,5-8,10H2,(H,20,21,24). The van der Waals surface area contributed by atoms with E-state index in [2.05, 4.69) is 9.97 Å². The Kier molecular flexibility index (Phi) is 4.91. The molecule has 0 saturated heterocycles. The summed E-state index contributed by atoms with van der Waals surface area (Å²) in [7, 11) is 0. The van der Waals surface area contributed by atoms with Crippen molar-refractivity contribution in [1.29, 1.82) is 0 Å². The quantitative estimate of drug-likeness (QED) is 0.387. The van der Waals surface area contributed by atoms with Crippen LogP contribution in [0.4, 0.5) is 5.69 Å². The van der Waals surface area contributed by atoms with Crippen LogP contribution < -0.4 is 5.56 Å². The van der Waals surface area contributed by atoms with Crippen molar-refractivity contribution < 1.29 is 14.5 Å². The summed E-state index contributed by atoms with van der Waals surface area (Å²) in [4.78, 5) is 43.9. The highest BCUT2D eigenvalue weighted by atomic mass is 32.1. The molecule has 8 nitrogen and oxygen atoms in total. The number of benzene rings is 1. The van der Waals surface area contributed by atoms with Crippen LogP contribution in [0.15, 0.2) is 29.1 Å². The molecule has 3 aromatic rings. The Morgan fingerprint density at radius 3 is 3.04 bits per heavy atom. The lowest BCUT2D eigenvalue weighted by Gasteiger charge is -2.05. The summed E-state index contributed by atoms with van der Waals surface area (Å²) in [6.45, 7) is -0.0405. The predicted molar refractivity (Wildman–Crippen MR) is 103 cm³/mol. The molecule has 0 unspecified atom stereocenters. The van der Waals surface area contributed by atoms with Gasteiger partial charge in [-0.3, -0.25) is 19.7 Å². The number of ether oxygens (including phenoxy) is 1. The minimum atomic E-state index is -0.496. The van der Waals surface area contributed by atoms with Crippen molar-refractivity contribution in [1.82, 2.24) is 9.97 Å². The van der Waals surface area contributed by atoms with Gasteiger partial charge in [-0.15, -0.1) is 11.3 Å². The topological polar surface area (TPSA) is 115 Å². The molecule has 2 aromatic heterocycles. The Morgan fingerprint density at radius 1 is 1.36 bits per heavy atom. The number of nitro groups is 1. The Morgan fingerprint density at radius 2 is 2.21 bits per heavy atom. The fourth-order valence-electron chi connectivity index (χ4n) is 3.38. The first-order chi connectivity index (χ1) is 13.5. The van der Waals surface area contributed by atoms with Crippen LogP contribution in [0.1, 0.15) is 34.7 Å². The molecule has 0 fully saturated rings. The predicted octanol–water partition coefficient (Wildman–Crippen LogP) is 3.06. The average Bonchev–Trinajstić information content (AvgIpc) is 3.25. The molecule has 1 aliphatic carbocycles. The molecule has 0 saturated carbocycles. The second-order valence-corrected chi connectivity index (χ2v) is 7.72. The van der Waals surface area contributed by atoms with Gasteiger partial charge in [0.05, 0.1) is 16.7 Å². The van der Waals surface area contributed by atoms with Gasteiger partial charge >= 0.3 is 5.97 Å². The van der Waals surface area contributed by atoms with Crippen LogP contribution in [0, 0.1) is 10.1 Å². The number of hydrogen-bond acceptors (Lipinski definition) is 7. The Hall–Kier alpha value is -3.07. The first-order valence-electron chi connectivity index (χ1n) is 8.93. The number of fused-ring (bicyclic) bond motifs is 3. The van der Waals surface area contributed by atoms with E-state index < -0.39 is 10.9 Å². The summed E-state index contributed by atoms with van der Waals surface area (Å²) >= 11 is 1.56. The monoisotopic (exact) mass is 399 g/mol. The van der Waals surface area contributed by atoms with Gasteiger partial charge < -0.3 is 9.72 Å². The van der Waals surface area contributed by atoms with E-state index in [1.54, 1.807) is 23.5 Å². The van der Waals surface area contributed by atoms with Crippen molar-refractivity contribution in [2.75, 3.05) is 0 Å². The Bertz CT molecular complexity index is 1130. The van der Waals surface area contributed by atoms with Crippen LogP contribution in [0.25, 0.3) is 10.2 Å². The van der Waals surface area contributed by atoms with Gasteiger partial charge in [-0.05, 0) is 30.4 Å². The first kappa shape index (κ1) is 18.3. The van der Waals surface area contributed by atoms with Gasteiger partial charge in [-0.25, -0.2) is 4.98 Å². The van der Waals surface area contributed by atoms with Crippen molar-refractivity contribution >= 4 is 33.2 Å². The van der Waals surface area contributed by atoms with Crippen LogP contribution in [-0.4, -0.2) is 20.9 Å². The molecular weight excluding hydrogens is 382 g/mol. The molecule has 2 heterocycles. The highest BCUT2D eigenvalue weighted by Gasteiger charge is 2.21. The molecule has 1 aliphatic rings. The van der Waals surface area contributed by atoms with E-state index in [1.807, 2.05) is 0 Å². The number of nitrogens with one attached hydrogen (secondary N) is 1. The van der Waals surface area contributed by atoms with E-state index in [0.29, 0.717) is 16.8 Å². The van der Waals surface area contributed by atoms with E-state index in [4.69, 9.17) is 4.74 Å². The Labute approximate surface area is 163 Å². The number of carbonyl (C=O) groups excluding carboxylic acids is 1. The maximum atomic E-state index is 12.4. The summed E-state index contributed by atoms with van der Waals surface area (Å²) < 4.78 is 5.17. The number of aromatic amines is 1. The number of aryl methyl sites for hydroxylation is 3. The van der Waals surface area contributed by atoms with Crippen LogP contribution >= 0.6 is 11.3 Å². The third-order valence-electron chi connectivity index (χ3n) is 4.71.